The number of amides is 1. The van der Waals surface area contributed by atoms with Gasteiger partial charge in [0.2, 0.25) is 5.91 Å². The van der Waals surface area contributed by atoms with Gasteiger partial charge in [0.05, 0.1) is 6.17 Å². The Bertz CT molecular complexity index is 866. The number of para-hydroxylation sites is 1. The number of carbonyl (C=O) groups excluding carboxylic acids is 1. The third kappa shape index (κ3) is 4.81. The standard InChI is InChI=1S/C25H31ClN2O2/c1-27(16-17-30-22-12-7-11-21(26)18-22)24-15-14-19-8-5-6-13-23(19)28(24)25(29)20-9-3-2-4-10-20/h5-8,11-13,18,20,24H,2-4,9-10,14-17H2,1H3. The van der Waals surface area contributed by atoms with Gasteiger partial charge in [-0.05, 0) is 62.6 Å². The molecule has 0 spiro atoms. The number of fused-ring (bicyclic) bond motifs is 1. The minimum Gasteiger partial charge on any atom is -0.492 e. The first-order chi connectivity index (χ1) is 14.6. The summed E-state index contributed by atoms with van der Waals surface area (Å²) in [6.07, 6.45) is 7.64. The van der Waals surface area contributed by atoms with Crippen LogP contribution in [0.3, 0.4) is 0 Å². The van der Waals surface area contributed by atoms with Crippen molar-refractivity contribution in [1.29, 1.82) is 0 Å². The van der Waals surface area contributed by atoms with Crippen molar-refractivity contribution in [2.45, 2.75) is 51.1 Å². The van der Waals surface area contributed by atoms with Crippen LogP contribution in [0.2, 0.25) is 5.02 Å². The zero-order chi connectivity index (χ0) is 20.9. The number of nitrogens with zero attached hydrogens (tertiary/aromatic N) is 2. The molecule has 1 atom stereocenters. The van der Waals surface area contributed by atoms with Crippen LogP contribution in [0.25, 0.3) is 0 Å². The molecule has 1 aliphatic heterocycles. The molecule has 2 aromatic rings. The number of carbonyl (C=O) groups is 1. The molecule has 0 saturated heterocycles. The molecule has 1 heterocycles. The van der Waals surface area contributed by atoms with Crippen molar-refractivity contribution in [2.75, 3.05) is 25.1 Å². The molecule has 1 fully saturated rings. The van der Waals surface area contributed by atoms with Gasteiger partial charge >= 0.3 is 0 Å². The molecule has 1 aliphatic carbocycles. The van der Waals surface area contributed by atoms with E-state index in [-0.39, 0.29) is 12.1 Å². The summed E-state index contributed by atoms with van der Waals surface area (Å²) in [6.45, 7) is 1.30. The average molecular weight is 427 g/mol. The second kappa shape index (κ2) is 9.84. The molecule has 4 nitrogen and oxygen atoms in total. The number of hydrogen-bond acceptors (Lipinski definition) is 3. The predicted molar refractivity (Wildman–Crippen MR) is 122 cm³/mol. The van der Waals surface area contributed by atoms with E-state index >= 15 is 0 Å². The fourth-order valence-electron chi connectivity index (χ4n) is 4.77. The summed E-state index contributed by atoms with van der Waals surface area (Å²) in [6, 6.07) is 15.9. The summed E-state index contributed by atoms with van der Waals surface area (Å²) in [7, 11) is 2.10. The molecule has 0 N–H and O–H groups in total. The predicted octanol–water partition coefficient (Wildman–Crippen LogP) is 5.54. The lowest BCUT2D eigenvalue weighted by Gasteiger charge is -2.43. The molecule has 160 valence electrons. The lowest BCUT2D eigenvalue weighted by atomic mass is 9.87. The first-order valence-electron chi connectivity index (χ1n) is 11.1. The van der Waals surface area contributed by atoms with Crippen molar-refractivity contribution < 1.29 is 9.53 Å². The molecule has 0 radical (unpaired) electrons. The minimum atomic E-state index is 0.0669. The van der Waals surface area contributed by atoms with Gasteiger partial charge in [-0.3, -0.25) is 14.6 Å². The molecule has 1 unspecified atom stereocenters. The van der Waals surface area contributed by atoms with Gasteiger partial charge in [0, 0.05) is 23.2 Å². The van der Waals surface area contributed by atoms with E-state index in [1.54, 1.807) is 0 Å². The lowest BCUT2D eigenvalue weighted by molar-refractivity contribution is -0.124. The number of hydrogen-bond donors (Lipinski definition) is 0. The first-order valence-corrected chi connectivity index (χ1v) is 11.5. The molecule has 1 saturated carbocycles. The van der Waals surface area contributed by atoms with Crippen LogP contribution in [0, 0.1) is 5.92 Å². The smallest absolute Gasteiger partial charge is 0.231 e. The second-order valence-corrected chi connectivity index (χ2v) is 8.91. The van der Waals surface area contributed by atoms with Crippen LogP contribution in [0.15, 0.2) is 48.5 Å². The molecule has 4 rings (SSSR count). The third-order valence-electron chi connectivity index (χ3n) is 6.43. The van der Waals surface area contributed by atoms with Crippen LogP contribution >= 0.6 is 11.6 Å². The van der Waals surface area contributed by atoms with E-state index in [9.17, 15) is 4.79 Å². The first kappa shape index (κ1) is 21.2. The summed E-state index contributed by atoms with van der Waals surface area (Å²) in [5, 5.41) is 0.675. The zero-order valence-corrected chi connectivity index (χ0v) is 18.5. The normalized spacial score (nSPS) is 19.6. The summed E-state index contributed by atoms with van der Waals surface area (Å²) in [4.78, 5) is 18.0. The van der Waals surface area contributed by atoms with Gasteiger partial charge in [0.25, 0.3) is 0 Å². The van der Waals surface area contributed by atoms with Crippen LogP contribution < -0.4 is 9.64 Å². The Morgan fingerprint density at radius 3 is 2.70 bits per heavy atom. The van der Waals surface area contributed by atoms with Crippen LogP contribution in [0.1, 0.15) is 44.1 Å². The second-order valence-electron chi connectivity index (χ2n) is 8.48. The highest BCUT2D eigenvalue weighted by Crippen LogP contribution is 2.35. The third-order valence-corrected chi connectivity index (χ3v) is 6.67. The highest BCUT2D eigenvalue weighted by molar-refractivity contribution is 6.30. The Labute approximate surface area is 184 Å². The Morgan fingerprint density at radius 2 is 1.90 bits per heavy atom. The van der Waals surface area contributed by atoms with Crippen molar-refractivity contribution in [3.8, 4) is 5.75 Å². The Morgan fingerprint density at radius 1 is 1.10 bits per heavy atom. The molecule has 0 bridgehead atoms. The van der Waals surface area contributed by atoms with E-state index in [1.165, 1.54) is 24.8 Å². The van der Waals surface area contributed by atoms with Crippen molar-refractivity contribution >= 4 is 23.2 Å². The number of likely N-dealkylation sites (N-methyl/N-ethyl adjacent to an activating group) is 1. The van der Waals surface area contributed by atoms with E-state index in [4.69, 9.17) is 16.3 Å². The highest BCUT2D eigenvalue weighted by Gasteiger charge is 2.36. The highest BCUT2D eigenvalue weighted by atomic mass is 35.5. The fraction of sp³-hybridized carbons (Fsp3) is 0.480. The maximum Gasteiger partial charge on any atom is 0.231 e. The van der Waals surface area contributed by atoms with E-state index in [2.05, 4.69) is 35.0 Å². The lowest BCUT2D eigenvalue weighted by Crippen LogP contribution is -2.54. The van der Waals surface area contributed by atoms with Crippen LogP contribution in [-0.4, -0.2) is 37.2 Å². The summed E-state index contributed by atoms with van der Waals surface area (Å²) < 4.78 is 5.90. The van der Waals surface area contributed by atoms with Gasteiger partial charge in [-0.2, -0.15) is 0 Å². The Kier molecular flexibility index (Phi) is 6.96. The Balaban J connectivity index is 1.47. The molecule has 1 amide bonds. The number of aryl methyl sites for hydroxylation is 1. The monoisotopic (exact) mass is 426 g/mol. The van der Waals surface area contributed by atoms with E-state index in [0.717, 1.165) is 43.7 Å². The number of ether oxygens (including phenoxy) is 1. The van der Waals surface area contributed by atoms with Crippen molar-refractivity contribution in [3.63, 3.8) is 0 Å². The number of anilines is 1. The van der Waals surface area contributed by atoms with Gasteiger partial charge < -0.3 is 4.74 Å². The van der Waals surface area contributed by atoms with Gasteiger partial charge in [-0.25, -0.2) is 0 Å². The molecule has 0 aromatic heterocycles. The molecule has 30 heavy (non-hydrogen) atoms. The number of benzene rings is 2. The van der Waals surface area contributed by atoms with Crippen LogP contribution in [-0.2, 0) is 11.2 Å². The average Bonchev–Trinajstić information content (AvgIpc) is 2.78. The quantitative estimate of drug-likeness (QED) is 0.608. The fourth-order valence-corrected chi connectivity index (χ4v) is 4.95. The summed E-state index contributed by atoms with van der Waals surface area (Å²) >= 11 is 6.05. The zero-order valence-electron chi connectivity index (χ0n) is 17.7. The SMILES string of the molecule is CN(CCOc1cccc(Cl)c1)C1CCc2ccccc2N1C(=O)C1CCCCC1. The van der Waals surface area contributed by atoms with E-state index in [1.807, 2.05) is 30.3 Å². The molecule has 2 aromatic carbocycles. The van der Waals surface area contributed by atoms with Crippen LogP contribution in [0.4, 0.5) is 5.69 Å². The molecular formula is C25H31ClN2O2. The minimum absolute atomic E-state index is 0.0669. The van der Waals surface area contributed by atoms with Crippen LogP contribution in [0.5, 0.6) is 5.75 Å². The number of rotatable bonds is 6. The van der Waals surface area contributed by atoms with Gasteiger partial charge in [0.1, 0.15) is 12.4 Å². The van der Waals surface area contributed by atoms with Gasteiger partial charge in [0.15, 0.2) is 0 Å². The topological polar surface area (TPSA) is 32.8 Å². The van der Waals surface area contributed by atoms with Gasteiger partial charge in [-0.15, -0.1) is 0 Å². The Hall–Kier alpha value is -2.04. The van der Waals surface area contributed by atoms with Crippen molar-refractivity contribution in [2.24, 2.45) is 5.92 Å². The van der Waals surface area contributed by atoms with Crippen molar-refractivity contribution in [1.82, 2.24) is 4.90 Å². The van der Waals surface area contributed by atoms with E-state index in [0.29, 0.717) is 17.5 Å². The maximum atomic E-state index is 13.6. The summed E-state index contributed by atoms with van der Waals surface area (Å²) in [5.74, 6) is 1.23. The van der Waals surface area contributed by atoms with Gasteiger partial charge in [-0.1, -0.05) is 55.1 Å². The summed E-state index contributed by atoms with van der Waals surface area (Å²) in [5.41, 5.74) is 2.37. The molecule has 5 heteroatoms. The molecule has 2 aliphatic rings. The molecular weight excluding hydrogens is 396 g/mol. The largest absolute Gasteiger partial charge is 0.492 e. The van der Waals surface area contributed by atoms with Crippen molar-refractivity contribution in [3.05, 3.63) is 59.1 Å². The van der Waals surface area contributed by atoms with E-state index < -0.39 is 0 Å². The number of halogens is 1. The maximum absolute atomic E-state index is 13.6.